The maximum atomic E-state index is 5.90. The normalized spacial score (nSPS) is 16.9. The van der Waals surface area contributed by atoms with Crippen molar-refractivity contribution < 1.29 is 14.4 Å². The monoisotopic (exact) mass is 292 g/mol. The Morgan fingerprint density at radius 2 is 1.90 bits per heavy atom. The third-order valence-electron chi connectivity index (χ3n) is 4.09. The van der Waals surface area contributed by atoms with E-state index in [1.807, 2.05) is 0 Å². The van der Waals surface area contributed by atoms with Crippen molar-refractivity contribution in [1.82, 2.24) is 0 Å². The van der Waals surface area contributed by atoms with E-state index in [0.717, 1.165) is 45.1 Å². The first-order chi connectivity index (χ1) is 10.1. The Kier molecular flexibility index (Phi) is 6.07. The predicted octanol–water partition coefficient (Wildman–Crippen LogP) is 2.06. The van der Waals surface area contributed by atoms with Crippen LogP contribution in [-0.4, -0.2) is 39.5 Å². The molecule has 0 bridgehead atoms. The molecule has 0 radical (unpaired) electrons. The molecule has 1 aliphatic heterocycles. The number of quaternary nitrogens is 1. The fourth-order valence-electron chi connectivity index (χ4n) is 2.63. The molecule has 2 rings (SSSR count). The highest BCUT2D eigenvalue weighted by atomic mass is 16.5. The van der Waals surface area contributed by atoms with Crippen molar-refractivity contribution in [2.24, 2.45) is 0 Å². The Balaban J connectivity index is 1.66. The van der Waals surface area contributed by atoms with E-state index in [1.165, 1.54) is 18.5 Å². The minimum Gasteiger partial charge on any atom is -0.494 e. The lowest BCUT2D eigenvalue weighted by atomic mass is 9.87. The van der Waals surface area contributed by atoms with Gasteiger partial charge >= 0.3 is 0 Å². The lowest BCUT2D eigenvalue weighted by molar-refractivity contribution is -0.908. The van der Waals surface area contributed by atoms with Crippen molar-refractivity contribution >= 4 is 0 Å². The van der Waals surface area contributed by atoms with Crippen molar-refractivity contribution in [1.29, 1.82) is 0 Å². The van der Waals surface area contributed by atoms with Gasteiger partial charge in [0.05, 0.1) is 26.4 Å². The van der Waals surface area contributed by atoms with E-state index < -0.39 is 0 Å². The minimum atomic E-state index is 0.180. The average Bonchev–Trinajstić information content (AvgIpc) is 2.47. The van der Waals surface area contributed by atoms with Gasteiger partial charge in [0.25, 0.3) is 0 Å². The zero-order valence-corrected chi connectivity index (χ0v) is 13.8. The molecule has 0 aliphatic carbocycles. The minimum absolute atomic E-state index is 0.180. The van der Waals surface area contributed by atoms with Crippen LogP contribution in [0.2, 0.25) is 0 Å². The Morgan fingerprint density at radius 1 is 1.14 bits per heavy atom. The highest BCUT2D eigenvalue weighted by Crippen LogP contribution is 2.25. The summed E-state index contributed by atoms with van der Waals surface area (Å²) in [5, 5.41) is 0. The van der Waals surface area contributed by atoms with Gasteiger partial charge in [-0.2, -0.15) is 0 Å². The summed E-state index contributed by atoms with van der Waals surface area (Å²) in [4.78, 5) is 1.68. The van der Waals surface area contributed by atoms with E-state index in [9.17, 15) is 0 Å². The average molecular weight is 292 g/mol. The Hall–Kier alpha value is -1.06. The topological polar surface area (TPSA) is 22.9 Å². The van der Waals surface area contributed by atoms with Crippen LogP contribution in [-0.2, 0) is 10.2 Å². The van der Waals surface area contributed by atoms with Crippen LogP contribution >= 0.6 is 0 Å². The van der Waals surface area contributed by atoms with Crippen LogP contribution in [0.15, 0.2) is 24.3 Å². The SMILES string of the molecule is CC(C)(C)c1cccc(OCCCC[NH+]2CCOCC2)c1. The molecule has 0 unspecified atom stereocenters. The molecular formula is C18H30NO2+. The van der Waals surface area contributed by atoms with E-state index in [1.54, 1.807) is 4.90 Å². The van der Waals surface area contributed by atoms with Crippen molar-refractivity contribution in [3.63, 3.8) is 0 Å². The summed E-state index contributed by atoms with van der Waals surface area (Å²) < 4.78 is 11.3. The summed E-state index contributed by atoms with van der Waals surface area (Å²) >= 11 is 0. The molecular weight excluding hydrogens is 262 g/mol. The third kappa shape index (κ3) is 5.68. The summed E-state index contributed by atoms with van der Waals surface area (Å²) in [7, 11) is 0. The standard InChI is InChI=1S/C18H29NO2/c1-18(2,3)16-7-6-8-17(15-16)21-12-5-4-9-19-10-13-20-14-11-19/h6-8,15H,4-5,9-14H2,1-3H3/p+1. The zero-order chi connectivity index (χ0) is 15.1. The van der Waals surface area contributed by atoms with Crippen LogP contribution in [0.25, 0.3) is 0 Å². The molecule has 1 N–H and O–H groups in total. The number of benzene rings is 1. The quantitative estimate of drug-likeness (QED) is 0.811. The fourth-order valence-corrected chi connectivity index (χ4v) is 2.63. The van der Waals surface area contributed by atoms with Crippen molar-refractivity contribution in [3.05, 3.63) is 29.8 Å². The molecule has 0 spiro atoms. The number of ether oxygens (including phenoxy) is 2. The van der Waals surface area contributed by atoms with Crippen LogP contribution in [0.4, 0.5) is 0 Å². The van der Waals surface area contributed by atoms with Gasteiger partial charge in [-0.1, -0.05) is 32.9 Å². The van der Waals surface area contributed by atoms with Crippen LogP contribution < -0.4 is 9.64 Å². The second-order valence-corrected chi connectivity index (χ2v) is 6.95. The Labute approximate surface area is 129 Å². The van der Waals surface area contributed by atoms with E-state index >= 15 is 0 Å². The van der Waals surface area contributed by atoms with E-state index in [0.29, 0.717) is 0 Å². The van der Waals surface area contributed by atoms with E-state index in [2.05, 4.69) is 45.0 Å². The van der Waals surface area contributed by atoms with Crippen LogP contribution in [0.3, 0.4) is 0 Å². The maximum absolute atomic E-state index is 5.90. The highest BCUT2D eigenvalue weighted by molar-refractivity contribution is 5.32. The number of morpholine rings is 1. The fraction of sp³-hybridized carbons (Fsp3) is 0.667. The smallest absolute Gasteiger partial charge is 0.119 e. The van der Waals surface area contributed by atoms with E-state index in [4.69, 9.17) is 9.47 Å². The summed E-state index contributed by atoms with van der Waals surface area (Å²) in [6.07, 6.45) is 2.36. The molecule has 118 valence electrons. The molecule has 0 amide bonds. The molecule has 0 aromatic heterocycles. The molecule has 0 atom stereocenters. The van der Waals surface area contributed by atoms with Crippen LogP contribution in [0.1, 0.15) is 39.2 Å². The molecule has 0 saturated carbocycles. The zero-order valence-electron chi connectivity index (χ0n) is 13.8. The predicted molar refractivity (Wildman–Crippen MR) is 86.3 cm³/mol. The second-order valence-electron chi connectivity index (χ2n) is 6.95. The van der Waals surface area contributed by atoms with Gasteiger partial charge in [-0.05, 0) is 36.0 Å². The van der Waals surface area contributed by atoms with E-state index in [-0.39, 0.29) is 5.41 Å². The Bertz CT molecular complexity index is 419. The van der Waals surface area contributed by atoms with Gasteiger partial charge in [0.1, 0.15) is 18.8 Å². The van der Waals surface area contributed by atoms with Gasteiger partial charge in [-0.15, -0.1) is 0 Å². The molecule has 1 saturated heterocycles. The molecule has 1 fully saturated rings. The van der Waals surface area contributed by atoms with Crippen molar-refractivity contribution in [2.45, 2.75) is 39.0 Å². The largest absolute Gasteiger partial charge is 0.494 e. The second kappa shape index (κ2) is 7.81. The first-order valence-electron chi connectivity index (χ1n) is 8.20. The lowest BCUT2D eigenvalue weighted by Crippen LogP contribution is -3.14. The highest BCUT2D eigenvalue weighted by Gasteiger charge is 2.14. The summed E-state index contributed by atoms with van der Waals surface area (Å²) in [5.74, 6) is 1.00. The summed E-state index contributed by atoms with van der Waals surface area (Å²) in [6.45, 7) is 12.9. The first-order valence-corrected chi connectivity index (χ1v) is 8.20. The first kappa shape index (κ1) is 16.3. The van der Waals surface area contributed by atoms with Gasteiger partial charge in [-0.3, -0.25) is 0 Å². The number of hydrogen-bond acceptors (Lipinski definition) is 2. The molecule has 3 nitrogen and oxygen atoms in total. The van der Waals surface area contributed by atoms with Gasteiger partial charge in [0.15, 0.2) is 0 Å². The lowest BCUT2D eigenvalue weighted by Gasteiger charge is -2.23. The molecule has 1 aromatic carbocycles. The van der Waals surface area contributed by atoms with Crippen molar-refractivity contribution in [3.8, 4) is 5.75 Å². The van der Waals surface area contributed by atoms with Gasteiger partial charge in [0, 0.05) is 0 Å². The number of nitrogens with one attached hydrogen (secondary N) is 1. The molecule has 3 heteroatoms. The number of unbranched alkanes of at least 4 members (excludes halogenated alkanes) is 1. The summed E-state index contributed by atoms with van der Waals surface area (Å²) in [5.41, 5.74) is 1.51. The van der Waals surface area contributed by atoms with Gasteiger partial charge in [-0.25, -0.2) is 0 Å². The molecule has 21 heavy (non-hydrogen) atoms. The maximum Gasteiger partial charge on any atom is 0.119 e. The summed E-state index contributed by atoms with van der Waals surface area (Å²) in [6, 6.07) is 8.50. The third-order valence-corrected chi connectivity index (χ3v) is 4.09. The van der Waals surface area contributed by atoms with Crippen LogP contribution in [0.5, 0.6) is 5.75 Å². The molecule has 1 aliphatic rings. The molecule has 1 aromatic rings. The van der Waals surface area contributed by atoms with Crippen LogP contribution in [0, 0.1) is 0 Å². The number of hydrogen-bond donors (Lipinski definition) is 1. The molecule has 1 heterocycles. The number of rotatable bonds is 6. The Morgan fingerprint density at radius 3 is 2.62 bits per heavy atom. The van der Waals surface area contributed by atoms with Gasteiger partial charge < -0.3 is 14.4 Å². The van der Waals surface area contributed by atoms with Crippen molar-refractivity contribution in [2.75, 3.05) is 39.5 Å². The van der Waals surface area contributed by atoms with Gasteiger partial charge in [0.2, 0.25) is 0 Å².